The lowest BCUT2D eigenvalue weighted by Gasteiger charge is -2.09. The highest BCUT2D eigenvalue weighted by atomic mass is 16.5. The predicted molar refractivity (Wildman–Crippen MR) is 72.8 cm³/mol. The second-order valence-electron chi connectivity index (χ2n) is 4.75. The number of benzene rings is 1. The fourth-order valence-electron chi connectivity index (χ4n) is 2.33. The van der Waals surface area contributed by atoms with E-state index in [2.05, 4.69) is 5.16 Å². The van der Waals surface area contributed by atoms with Crippen molar-refractivity contribution in [1.29, 1.82) is 0 Å². The number of hydrogen-bond acceptors (Lipinski definition) is 3. The second kappa shape index (κ2) is 5.22. The minimum Gasteiger partial charge on any atom is -0.352 e. The van der Waals surface area contributed by atoms with Crippen molar-refractivity contribution >= 4 is 5.78 Å². The molecule has 0 amide bonds. The third-order valence-electron chi connectivity index (χ3n) is 3.39. The van der Waals surface area contributed by atoms with E-state index < -0.39 is 0 Å². The maximum Gasteiger partial charge on any atom is 0.226 e. The van der Waals surface area contributed by atoms with Crippen LogP contribution in [0.15, 0.2) is 52.6 Å². The number of ketones is 1. The van der Waals surface area contributed by atoms with Crippen LogP contribution in [0.5, 0.6) is 0 Å². The Bertz CT molecular complexity index is 611. The number of hydrogen-bond donors (Lipinski definition) is 0. The lowest BCUT2D eigenvalue weighted by molar-refractivity contribution is 0.0990. The van der Waals surface area contributed by atoms with Crippen LogP contribution in [0.4, 0.5) is 0 Å². The van der Waals surface area contributed by atoms with Crippen LogP contribution in [-0.4, -0.2) is 10.9 Å². The van der Waals surface area contributed by atoms with E-state index >= 15 is 0 Å². The van der Waals surface area contributed by atoms with Gasteiger partial charge in [-0.05, 0) is 31.3 Å². The lowest BCUT2D eigenvalue weighted by Crippen LogP contribution is -2.05. The quantitative estimate of drug-likeness (QED) is 0.776. The average Bonchev–Trinajstić information content (AvgIpc) is 2.98. The molecule has 0 N–H and O–H groups in total. The summed E-state index contributed by atoms with van der Waals surface area (Å²) in [7, 11) is 0. The molecule has 19 heavy (non-hydrogen) atoms. The Labute approximate surface area is 111 Å². The molecule has 1 aromatic carbocycles. The highest BCUT2D eigenvalue weighted by Crippen LogP contribution is 2.24. The number of rotatable bonds is 3. The molecule has 1 aliphatic rings. The zero-order valence-corrected chi connectivity index (χ0v) is 10.6. The van der Waals surface area contributed by atoms with Gasteiger partial charge in [-0.1, -0.05) is 41.6 Å². The first kappa shape index (κ1) is 11.9. The molecule has 0 atom stereocenters. The van der Waals surface area contributed by atoms with E-state index in [-0.39, 0.29) is 5.78 Å². The Morgan fingerprint density at radius 1 is 1.16 bits per heavy atom. The van der Waals surface area contributed by atoms with Crippen molar-refractivity contribution in [3.63, 3.8) is 0 Å². The fourth-order valence-corrected chi connectivity index (χ4v) is 2.33. The predicted octanol–water partition coefficient (Wildman–Crippen LogP) is 4.02. The summed E-state index contributed by atoms with van der Waals surface area (Å²) < 4.78 is 5.19. The van der Waals surface area contributed by atoms with Crippen LogP contribution in [0, 0.1) is 0 Å². The van der Waals surface area contributed by atoms with Gasteiger partial charge in [-0.3, -0.25) is 4.79 Å². The van der Waals surface area contributed by atoms with Gasteiger partial charge in [0.2, 0.25) is 11.5 Å². The number of carbonyl (C=O) groups is 1. The van der Waals surface area contributed by atoms with Crippen LogP contribution >= 0.6 is 0 Å². The Hall–Kier alpha value is -2.16. The van der Waals surface area contributed by atoms with E-state index in [4.69, 9.17) is 4.52 Å². The smallest absolute Gasteiger partial charge is 0.226 e. The third-order valence-corrected chi connectivity index (χ3v) is 3.39. The molecule has 0 radical (unpaired) electrons. The van der Waals surface area contributed by atoms with E-state index in [0.717, 1.165) is 30.4 Å². The average molecular weight is 253 g/mol. The van der Waals surface area contributed by atoms with E-state index in [1.54, 1.807) is 6.07 Å². The molecule has 3 rings (SSSR count). The molecule has 1 aromatic heterocycles. The summed E-state index contributed by atoms with van der Waals surface area (Å²) in [6.07, 6.45) is 6.11. The molecule has 1 aliphatic carbocycles. The molecule has 0 unspecified atom stereocenters. The summed E-state index contributed by atoms with van der Waals surface area (Å²) in [5.74, 6) is 0.321. The van der Waals surface area contributed by atoms with Gasteiger partial charge >= 0.3 is 0 Å². The third kappa shape index (κ3) is 2.50. The van der Waals surface area contributed by atoms with Gasteiger partial charge in [-0.2, -0.15) is 0 Å². The number of carbonyl (C=O) groups excluding carboxylic acids is 1. The van der Waals surface area contributed by atoms with E-state index in [1.807, 2.05) is 36.4 Å². The first-order chi connectivity index (χ1) is 9.34. The maximum absolute atomic E-state index is 12.2. The van der Waals surface area contributed by atoms with E-state index in [0.29, 0.717) is 11.5 Å². The van der Waals surface area contributed by atoms with Gasteiger partial charge in [0.05, 0.1) is 0 Å². The van der Waals surface area contributed by atoms with Crippen molar-refractivity contribution in [2.45, 2.75) is 25.7 Å². The first-order valence-corrected chi connectivity index (χ1v) is 6.60. The number of nitrogens with zero attached hydrogens (tertiary/aromatic N) is 1. The molecule has 0 saturated carbocycles. The zero-order valence-electron chi connectivity index (χ0n) is 10.6. The molecule has 0 bridgehead atoms. The van der Waals surface area contributed by atoms with Gasteiger partial charge in [0, 0.05) is 11.6 Å². The summed E-state index contributed by atoms with van der Waals surface area (Å²) in [6, 6.07) is 11.5. The minimum absolute atomic E-state index is 0.0191. The maximum atomic E-state index is 12.2. The molecule has 3 nitrogen and oxygen atoms in total. The minimum atomic E-state index is -0.0191. The second-order valence-corrected chi connectivity index (χ2v) is 4.75. The summed E-state index contributed by atoms with van der Waals surface area (Å²) in [6.45, 7) is 0. The fraction of sp³-hybridized carbons (Fsp3) is 0.250. The normalized spacial score (nSPS) is 15.1. The van der Waals surface area contributed by atoms with Gasteiger partial charge in [-0.15, -0.1) is 0 Å². The Morgan fingerprint density at radius 2 is 2.00 bits per heavy atom. The van der Waals surface area contributed by atoms with Crippen molar-refractivity contribution in [3.05, 3.63) is 53.8 Å². The first-order valence-electron chi connectivity index (χ1n) is 6.60. The highest BCUT2D eigenvalue weighted by molar-refractivity contribution is 6.07. The van der Waals surface area contributed by atoms with Crippen LogP contribution in [0.3, 0.4) is 0 Å². The van der Waals surface area contributed by atoms with E-state index in [9.17, 15) is 4.79 Å². The van der Waals surface area contributed by atoms with Crippen LogP contribution in [0.25, 0.3) is 11.3 Å². The molecule has 0 spiro atoms. The SMILES string of the molecule is O=C(C1=CCCCC1)c1cc(-c2ccccc2)no1. The van der Waals surface area contributed by atoms with Crippen molar-refractivity contribution in [1.82, 2.24) is 5.16 Å². The molecule has 3 heteroatoms. The molecule has 96 valence electrons. The van der Waals surface area contributed by atoms with Gasteiger partial charge in [0.25, 0.3) is 0 Å². The summed E-state index contributed by atoms with van der Waals surface area (Å²) in [5, 5.41) is 3.98. The van der Waals surface area contributed by atoms with Gasteiger partial charge in [-0.25, -0.2) is 0 Å². The van der Waals surface area contributed by atoms with Gasteiger partial charge in [0.15, 0.2) is 0 Å². The summed E-state index contributed by atoms with van der Waals surface area (Å²) in [5.41, 5.74) is 2.53. The monoisotopic (exact) mass is 253 g/mol. The molecule has 2 aromatic rings. The number of allylic oxidation sites excluding steroid dienone is 2. The van der Waals surface area contributed by atoms with Crippen molar-refractivity contribution in [2.75, 3.05) is 0 Å². The molecule has 0 saturated heterocycles. The van der Waals surface area contributed by atoms with Crippen LogP contribution in [0.2, 0.25) is 0 Å². The van der Waals surface area contributed by atoms with Gasteiger partial charge in [0.1, 0.15) is 5.69 Å². The summed E-state index contributed by atoms with van der Waals surface area (Å²) in [4.78, 5) is 12.2. The van der Waals surface area contributed by atoms with E-state index in [1.165, 1.54) is 6.42 Å². The molecule has 0 fully saturated rings. The molecule has 1 heterocycles. The Kier molecular flexibility index (Phi) is 3.27. The Balaban J connectivity index is 1.85. The summed E-state index contributed by atoms with van der Waals surface area (Å²) >= 11 is 0. The zero-order chi connectivity index (χ0) is 13.1. The number of Topliss-reactive ketones (excluding diaryl/α,β-unsaturated/α-hetero) is 1. The van der Waals surface area contributed by atoms with Crippen molar-refractivity contribution in [3.8, 4) is 11.3 Å². The van der Waals surface area contributed by atoms with Crippen LogP contribution in [0.1, 0.15) is 36.2 Å². The molecule has 0 aliphatic heterocycles. The van der Waals surface area contributed by atoms with Gasteiger partial charge < -0.3 is 4.52 Å². The lowest BCUT2D eigenvalue weighted by atomic mass is 9.95. The topological polar surface area (TPSA) is 43.1 Å². The molecular formula is C16H15NO2. The largest absolute Gasteiger partial charge is 0.352 e. The standard InChI is InChI=1S/C16H15NO2/c18-16(13-9-5-2-6-10-13)15-11-14(17-19-15)12-7-3-1-4-8-12/h1,3-4,7-9,11H,2,5-6,10H2. The highest BCUT2D eigenvalue weighted by Gasteiger charge is 2.19. The Morgan fingerprint density at radius 3 is 2.74 bits per heavy atom. The molecular weight excluding hydrogens is 238 g/mol. The number of aromatic nitrogens is 1. The van der Waals surface area contributed by atoms with Crippen LogP contribution < -0.4 is 0 Å². The van der Waals surface area contributed by atoms with Crippen LogP contribution in [-0.2, 0) is 0 Å². The van der Waals surface area contributed by atoms with Crippen molar-refractivity contribution < 1.29 is 9.32 Å². The van der Waals surface area contributed by atoms with Crippen molar-refractivity contribution in [2.24, 2.45) is 0 Å².